The number of Topliss-reactive ketones (excluding diaryl/α,β-unsaturated/α-hetero) is 1. The highest BCUT2D eigenvalue weighted by Crippen LogP contribution is 2.18. The second-order valence-corrected chi connectivity index (χ2v) is 6.47. The standard InChI is InChI=1S/C24H23NO4/c1-3-17-7-9-18(10-8-17)23(26)16-29-21-13-11-20(12-14-21)25-24(27)19-5-4-6-22(15-19)28-2/h4-15H,3,16H2,1-2H3,(H,25,27). The van der Waals surface area contributed by atoms with Gasteiger partial charge in [-0.05, 0) is 54.4 Å². The Labute approximate surface area is 170 Å². The number of amides is 1. The van der Waals surface area contributed by atoms with Gasteiger partial charge in [0.05, 0.1) is 7.11 Å². The summed E-state index contributed by atoms with van der Waals surface area (Å²) in [5.74, 6) is 0.865. The number of benzene rings is 3. The van der Waals surface area contributed by atoms with Crippen LogP contribution in [0.1, 0.15) is 33.2 Å². The van der Waals surface area contributed by atoms with Crippen molar-refractivity contribution in [3.8, 4) is 11.5 Å². The summed E-state index contributed by atoms with van der Waals surface area (Å²) >= 11 is 0. The fraction of sp³-hybridized carbons (Fsp3) is 0.167. The highest BCUT2D eigenvalue weighted by molar-refractivity contribution is 6.04. The summed E-state index contributed by atoms with van der Waals surface area (Å²) in [6, 6.07) is 21.4. The molecule has 3 rings (SSSR count). The van der Waals surface area contributed by atoms with Crippen LogP contribution in [-0.4, -0.2) is 25.4 Å². The van der Waals surface area contributed by atoms with Gasteiger partial charge in [0.25, 0.3) is 5.91 Å². The van der Waals surface area contributed by atoms with Crippen LogP contribution in [0.5, 0.6) is 11.5 Å². The molecule has 3 aromatic carbocycles. The molecule has 1 N–H and O–H groups in total. The van der Waals surface area contributed by atoms with Crippen molar-refractivity contribution in [1.29, 1.82) is 0 Å². The van der Waals surface area contributed by atoms with Crippen molar-refractivity contribution in [3.05, 3.63) is 89.5 Å². The Morgan fingerprint density at radius 1 is 0.862 bits per heavy atom. The first-order valence-electron chi connectivity index (χ1n) is 9.39. The average molecular weight is 389 g/mol. The molecule has 5 heteroatoms. The van der Waals surface area contributed by atoms with E-state index in [4.69, 9.17) is 9.47 Å². The van der Waals surface area contributed by atoms with Crippen molar-refractivity contribution in [3.63, 3.8) is 0 Å². The zero-order chi connectivity index (χ0) is 20.6. The molecule has 0 saturated heterocycles. The Morgan fingerprint density at radius 3 is 2.24 bits per heavy atom. The van der Waals surface area contributed by atoms with E-state index in [0.717, 1.165) is 6.42 Å². The largest absolute Gasteiger partial charge is 0.497 e. The smallest absolute Gasteiger partial charge is 0.255 e. The molecule has 3 aromatic rings. The van der Waals surface area contributed by atoms with Crippen LogP contribution < -0.4 is 14.8 Å². The number of rotatable bonds is 8. The third-order valence-electron chi connectivity index (χ3n) is 4.50. The second-order valence-electron chi connectivity index (χ2n) is 6.47. The van der Waals surface area contributed by atoms with Gasteiger partial charge in [-0.15, -0.1) is 0 Å². The summed E-state index contributed by atoms with van der Waals surface area (Å²) in [5.41, 5.74) is 2.95. The van der Waals surface area contributed by atoms with Crippen LogP contribution in [0.3, 0.4) is 0 Å². The summed E-state index contributed by atoms with van der Waals surface area (Å²) in [4.78, 5) is 24.6. The van der Waals surface area contributed by atoms with E-state index in [1.165, 1.54) is 5.56 Å². The molecule has 0 aliphatic carbocycles. The lowest BCUT2D eigenvalue weighted by molar-refractivity contribution is 0.0921. The maximum atomic E-state index is 12.3. The molecular formula is C24H23NO4. The lowest BCUT2D eigenvalue weighted by Crippen LogP contribution is -2.13. The zero-order valence-electron chi connectivity index (χ0n) is 16.5. The van der Waals surface area contributed by atoms with Crippen molar-refractivity contribution in [1.82, 2.24) is 0 Å². The molecule has 0 heterocycles. The van der Waals surface area contributed by atoms with Gasteiger partial charge in [-0.2, -0.15) is 0 Å². The molecule has 1 amide bonds. The van der Waals surface area contributed by atoms with Gasteiger partial charge in [-0.3, -0.25) is 9.59 Å². The molecule has 0 aliphatic rings. The van der Waals surface area contributed by atoms with Gasteiger partial charge in [0, 0.05) is 16.8 Å². The van der Waals surface area contributed by atoms with E-state index >= 15 is 0 Å². The van der Waals surface area contributed by atoms with Crippen molar-refractivity contribution in [2.45, 2.75) is 13.3 Å². The van der Waals surface area contributed by atoms with Crippen molar-refractivity contribution in [2.75, 3.05) is 19.0 Å². The predicted octanol–water partition coefficient (Wildman–Crippen LogP) is 4.77. The van der Waals surface area contributed by atoms with E-state index in [9.17, 15) is 9.59 Å². The fourth-order valence-electron chi connectivity index (χ4n) is 2.76. The Balaban J connectivity index is 1.55. The number of anilines is 1. The first-order chi connectivity index (χ1) is 14.1. The molecule has 0 fully saturated rings. The minimum Gasteiger partial charge on any atom is -0.497 e. The van der Waals surface area contributed by atoms with Gasteiger partial charge < -0.3 is 14.8 Å². The average Bonchev–Trinajstić information content (AvgIpc) is 2.78. The number of aryl methyl sites for hydroxylation is 1. The molecule has 29 heavy (non-hydrogen) atoms. The van der Waals surface area contributed by atoms with Crippen molar-refractivity contribution < 1.29 is 19.1 Å². The zero-order valence-corrected chi connectivity index (χ0v) is 16.5. The van der Waals surface area contributed by atoms with Crippen molar-refractivity contribution >= 4 is 17.4 Å². The predicted molar refractivity (Wildman–Crippen MR) is 113 cm³/mol. The molecule has 148 valence electrons. The summed E-state index contributed by atoms with van der Waals surface area (Å²) in [5, 5.41) is 2.82. The van der Waals surface area contributed by atoms with E-state index in [2.05, 4.69) is 12.2 Å². The Kier molecular flexibility index (Phi) is 6.63. The normalized spacial score (nSPS) is 10.3. The van der Waals surface area contributed by atoms with Crippen LogP contribution in [0.4, 0.5) is 5.69 Å². The van der Waals surface area contributed by atoms with Gasteiger partial charge in [-0.25, -0.2) is 0 Å². The third kappa shape index (κ3) is 5.45. The number of carbonyl (C=O) groups is 2. The molecular weight excluding hydrogens is 366 g/mol. The van der Waals surface area contributed by atoms with Crippen LogP contribution in [0.25, 0.3) is 0 Å². The van der Waals surface area contributed by atoms with Crippen LogP contribution in [0.15, 0.2) is 72.8 Å². The van der Waals surface area contributed by atoms with Crippen LogP contribution >= 0.6 is 0 Å². The van der Waals surface area contributed by atoms with Gasteiger partial charge in [0.1, 0.15) is 11.5 Å². The number of methoxy groups -OCH3 is 1. The summed E-state index contributed by atoms with van der Waals surface area (Å²) in [6.45, 7) is 2.03. The Hall–Kier alpha value is -3.60. The number of ketones is 1. The van der Waals surface area contributed by atoms with Gasteiger partial charge in [0.2, 0.25) is 0 Å². The maximum absolute atomic E-state index is 12.3. The molecule has 0 radical (unpaired) electrons. The van der Waals surface area contributed by atoms with Gasteiger partial charge in [-0.1, -0.05) is 37.3 Å². The van der Waals surface area contributed by atoms with Crippen LogP contribution in [0, 0.1) is 0 Å². The summed E-state index contributed by atoms with van der Waals surface area (Å²) in [6.07, 6.45) is 0.936. The molecule has 0 spiro atoms. The highest BCUT2D eigenvalue weighted by atomic mass is 16.5. The van der Waals surface area contributed by atoms with Crippen LogP contribution in [0.2, 0.25) is 0 Å². The number of hydrogen-bond donors (Lipinski definition) is 1. The summed E-state index contributed by atoms with van der Waals surface area (Å²) < 4.78 is 10.7. The highest BCUT2D eigenvalue weighted by Gasteiger charge is 2.09. The van der Waals surface area contributed by atoms with Crippen LogP contribution in [-0.2, 0) is 6.42 Å². The van der Waals surface area contributed by atoms with Gasteiger partial charge in [0.15, 0.2) is 12.4 Å². The molecule has 0 saturated carbocycles. The summed E-state index contributed by atoms with van der Waals surface area (Å²) in [7, 11) is 1.56. The molecule has 0 atom stereocenters. The quantitative estimate of drug-likeness (QED) is 0.564. The second kappa shape index (κ2) is 9.55. The molecule has 0 bridgehead atoms. The maximum Gasteiger partial charge on any atom is 0.255 e. The first kappa shape index (κ1) is 20.1. The van der Waals surface area contributed by atoms with E-state index in [1.807, 2.05) is 24.3 Å². The number of hydrogen-bond acceptors (Lipinski definition) is 4. The van der Waals surface area contributed by atoms with E-state index in [1.54, 1.807) is 55.6 Å². The minimum absolute atomic E-state index is 0.0407. The number of ether oxygens (including phenoxy) is 2. The fourth-order valence-corrected chi connectivity index (χ4v) is 2.76. The molecule has 0 unspecified atom stereocenters. The van der Waals surface area contributed by atoms with Gasteiger partial charge >= 0.3 is 0 Å². The molecule has 0 aliphatic heterocycles. The first-order valence-corrected chi connectivity index (χ1v) is 9.39. The lowest BCUT2D eigenvalue weighted by atomic mass is 10.1. The van der Waals surface area contributed by atoms with E-state index in [-0.39, 0.29) is 18.3 Å². The Morgan fingerprint density at radius 2 is 1.59 bits per heavy atom. The number of nitrogens with one attached hydrogen (secondary N) is 1. The molecule has 0 aromatic heterocycles. The number of carbonyl (C=O) groups excluding carboxylic acids is 2. The molecule has 5 nitrogen and oxygen atoms in total. The van der Waals surface area contributed by atoms with E-state index < -0.39 is 0 Å². The third-order valence-corrected chi connectivity index (χ3v) is 4.50. The van der Waals surface area contributed by atoms with Crippen molar-refractivity contribution in [2.24, 2.45) is 0 Å². The minimum atomic E-state index is -0.233. The Bertz CT molecular complexity index is 979. The van der Waals surface area contributed by atoms with E-state index in [0.29, 0.717) is 28.3 Å². The lowest BCUT2D eigenvalue weighted by Gasteiger charge is -2.09. The SMILES string of the molecule is CCc1ccc(C(=O)COc2ccc(NC(=O)c3cccc(OC)c3)cc2)cc1. The topological polar surface area (TPSA) is 64.6 Å². The monoisotopic (exact) mass is 389 g/mol.